The van der Waals surface area contributed by atoms with E-state index in [9.17, 15) is 4.39 Å². The Bertz CT molecular complexity index is 552. The molecule has 1 aromatic heterocycles. The number of halogens is 1. The molecule has 0 aliphatic carbocycles. The van der Waals surface area contributed by atoms with Crippen LogP contribution in [0.1, 0.15) is 25.3 Å². The average molecular weight is 245 g/mol. The first-order valence-corrected chi connectivity index (χ1v) is 5.92. The zero-order valence-corrected chi connectivity index (χ0v) is 10.7. The summed E-state index contributed by atoms with van der Waals surface area (Å²) in [5, 5.41) is 3.03. The number of hydrogen-bond donors (Lipinski definition) is 1. The van der Waals surface area contributed by atoms with Crippen LogP contribution in [0.5, 0.6) is 0 Å². The smallest absolute Gasteiger partial charge is 0.133 e. The molecule has 0 saturated heterocycles. The van der Waals surface area contributed by atoms with E-state index >= 15 is 0 Å². The van der Waals surface area contributed by atoms with Crippen LogP contribution in [0, 0.1) is 5.82 Å². The molecule has 1 aromatic carbocycles. The minimum atomic E-state index is -0.264. The Hall–Kier alpha value is -1.97. The van der Waals surface area contributed by atoms with Crippen molar-refractivity contribution in [1.29, 1.82) is 0 Å². The summed E-state index contributed by atoms with van der Waals surface area (Å²) in [6.45, 7) is 4.09. The van der Waals surface area contributed by atoms with E-state index < -0.39 is 0 Å². The van der Waals surface area contributed by atoms with E-state index in [1.807, 2.05) is 19.9 Å². The fourth-order valence-corrected chi connectivity index (χ4v) is 2.01. The summed E-state index contributed by atoms with van der Waals surface area (Å²) < 4.78 is 13.9. The zero-order chi connectivity index (χ0) is 13.1. The highest BCUT2D eigenvalue weighted by Gasteiger charge is 2.17. The predicted molar refractivity (Wildman–Crippen MR) is 71.1 cm³/mol. The highest BCUT2D eigenvalue weighted by atomic mass is 19.1. The van der Waals surface area contributed by atoms with E-state index in [1.54, 1.807) is 19.2 Å². The maximum absolute atomic E-state index is 13.9. The van der Waals surface area contributed by atoms with Gasteiger partial charge in [-0.3, -0.25) is 0 Å². The van der Waals surface area contributed by atoms with E-state index in [1.165, 1.54) is 12.4 Å². The van der Waals surface area contributed by atoms with Crippen molar-refractivity contribution in [2.75, 3.05) is 12.4 Å². The normalized spacial score (nSPS) is 10.7. The third-order valence-electron chi connectivity index (χ3n) is 2.83. The first-order chi connectivity index (χ1) is 8.65. The van der Waals surface area contributed by atoms with E-state index in [0.29, 0.717) is 11.3 Å². The Labute approximate surface area is 106 Å². The van der Waals surface area contributed by atoms with Crippen LogP contribution in [0.25, 0.3) is 11.3 Å². The van der Waals surface area contributed by atoms with Crippen LogP contribution < -0.4 is 5.32 Å². The van der Waals surface area contributed by atoms with Gasteiger partial charge in [-0.05, 0) is 18.1 Å². The van der Waals surface area contributed by atoms with Crippen LogP contribution in [-0.2, 0) is 0 Å². The first-order valence-electron chi connectivity index (χ1n) is 5.92. The van der Waals surface area contributed by atoms with Crippen molar-refractivity contribution in [2.24, 2.45) is 0 Å². The molecule has 0 amide bonds. The molecule has 3 nitrogen and oxygen atoms in total. The molecule has 0 fully saturated rings. The van der Waals surface area contributed by atoms with Crippen molar-refractivity contribution in [3.8, 4) is 11.3 Å². The van der Waals surface area contributed by atoms with Crippen molar-refractivity contribution in [2.45, 2.75) is 19.8 Å². The van der Waals surface area contributed by atoms with Crippen LogP contribution >= 0.6 is 0 Å². The number of hydrogen-bond acceptors (Lipinski definition) is 3. The summed E-state index contributed by atoms with van der Waals surface area (Å²) in [5.41, 5.74) is 2.10. The van der Waals surface area contributed by atoms with Gasteiger partial charge in [-0.25, -0.2) is 14.4 Å². The van der Waals surface area contributed by atoms with E-state index in [0.717, 1.165) is 11.4 Å². The van der Waals surface area contributed by atoms with Crippen molar-refractivity contribution in [3.63, 3.8) is 0 Å². The highest BCUT2D eigenvalue weighted by Crippen LogP contribution is 2.32. The lowest BCUT2D eigenvalue weighted by atomic mass is 9.97. The molecule has 4 heteroatoms. The molecular formula is C14H16FN3. The summed E-state index contributed by atoms with van der Waals surface area (Å²) in [6, 6.07) is 6.67. The largest absolute Gasteiger partial charge is 0.373 e. The predicted octanol–water partition coefficient (Wildman–Crippen LogP) is 3.45. The van der Waals surface area contributed by atoms with Crippen LogP contribution in [0.15, 0.2) is 30.6 Å². The van der Waals surface area contributed by atoms with Crippen molar-refractivity contribution >= 4 is 5.82 Å². The fraction of sp³-hybridized carbons (Fsp3) is 0.286. The van der Waals surface area contributed by atoms with Gasteiger partial charge in [0.15, 0.2) is 0 Å². The third kappa shape index (κ3) is 2.18. The molecule has 0 radical (unpaired) electrons. The molecule has 18 heavy (non-hydrogen) atoms. The summed E-state index contributed by atoms with van der Waals surface area (Å²) >= 11 is 0. The molecule has 0 aliphatic rings. The van der Waals surface area contributed by atoms with E-state index in [2.05, 4.69) is 15.3 Å². The maximum atomic E-state index is 13.9. The molecule has 0 unspecified atom stereocenters. The van der Waals surface area contributed by atoms with Crippen LogP contribution in [0.2, 0.25) is 0 Å². The number of anilines is 1. The molecule has 94 valence electrons. The molecule has 2 rings (SSSR count). The molecule has 1 N–H and O–H groups in total. The second kappa shape index (κ2) is 5.12. The Morgan fingerprint density at radius 1 is 1.17 bits per heavy atom. The van der Waals surface area contributed by atoms with Crippen LogP contribution in [0.3, 0.4) is 0 Å². The number of benzene rings is 1. The number of nitrogens with one attached hydrogen (secondary N) is 1. The topological polar surface area (TPSA) is 37.8 Å². The summed E-state index contributed by atoms with van der Waals surface area (Å²) in [5.74, 6) is 0.696. The second-order valence-corrected chi connectivity index (χ2v) is 4.37. The third-order valence-corrected chi connectivity index (χ3v) is 2.83. The SMILES string of the molecule is CNc1ncnc(-c2ccccc2F)c1C(C)C. The van der Waals surface area contributed by atoms with Gasteiger partial charge in [0.25, 0.3) is 0 Å². The van der Waals surface area contributed by atoms with Crippen molar-refractivity contribution in [1.82, 2.24) is 9.97 Å². The van der Waals surface area contributed by atoms with Gasteiger partial charge in [0, 0.05) is 18.2 Å². The zero-order valence-electron chi connectivity index (χ0n) is 10.7. The minimum absolute atomic E-state index is 0.211. The molecule has 0 spiro atoms. The fourth-order valence-electron chi connectivity index (χ4n) is 2.01. The Balaban J connectivity index is 2.68. The van der Waals surface area contributed by atoms with E-state index in [4.69, 9.17) is 0 Å². The lowest BCUT2D eigenvalue weighted by molar-refractivity contribution is 0.630. The Kier molecular flexibility index (Phi) is 3.55. The van der Waals surface area contributed by atoms with Crippen molar-refractivity contribution in [3.05, 3.63) is 42.0 Å². The second-order valence-electron chi connectivity index (χ2n) is 4.37. The molecule has 2 aromatic rings. The maximum Gasteiger partial charge on any atom is 0.133 e. The van der Waals surface area contributed by atoms with Gasteiger partial charge in [0.05, 0.1) is 5.69 Å². The highest BCUT2D eigenvalue weighted by molar-refractivity contribution is 5.69. The van der Waals surface area contributed by atoms with E-state index in [-0.39, 0.29) is 11.7 Å². The quantitative estimate of drug-likeness (QED) is 0.900. The molecule has 0 saturated carbocycles. The van der Waals surface area contributed by atoms with Crippen LogP contribution in [0.4, 0.5) is 10.2 Å². The lowest BCUT2D eigenvalue weighted by Crippen LogP contribution is -2.05. The Morgan fingerprint density at radius 3 is 2.50 bits per heavy atom. The standard InChI is InChI=1S/C14H16FN3/c1-9(2)12-13(17-8-18-14(12)16-3)10-6-4-5-7-11(10)15/h4-9H,1-3H3,(H,16,17,18). The van der Waals surface area contributed by atoms with Gasteiger partial charge in [-0.1, -0.05) is 26.0 Å². The minimum Gasteiger partial charge on any atom is -0.373 e. The van der Waals surface area contributed by atoms with Gasteiger partial charge in [0.2, 0.25) is 0 Å². The Morgan fingerprint density at radius 2 is 1.89 bits per heavy atom. The summed E-state index contributed by atoms with van der Waals surface area (Å²) in [6.07, 6.45) is 1.46. The van der Waals surface area contributed by atoms with Gasteiger partial charge >= 0.3 is 0 Å². The molecule has 0 atom stereocenters. The summed E-state index contributed by atoms with van der Waals surface area (Å²) in [7, 11) is 1.80. The van der Waals surface area contributed by atoms with Gasteiger partial charge < -0.3 is 5.32 Å². The number of rotatable bonds is 3. The molecule has 0 aliphatic heterocycles. The molecule has 1 heterocycles. The molecule has 0 bridgehead atoms. The molecular weight excluding hydrogens is 229 g/mol. The lowest BCUT2D eigenvalue weighted by Gasteiger charge is -2.15. The number of aromatic nitrogens is 2. The van der Waals surface area contributed by atoms with Gasteiger partial charge in [-0.15, -0.1) is 0 Å². The van der Waals surface area contributed by atoms with Crippen molar-refractivity contribution < 1.29 is 4.39 Å². The monoisotopic (exact) mass is 245 g/mol. The summed E-state index contributed by atoms with van der Waals surface area (Å²) in [4.78, 5) is 8.44. The average Bonchev–Trinajstić information content (AvgIpc) is 2.38. The first kappa shape index (κ1) is 12.5. The van der Waals surface area contributed by atoms with Gasteiger partial charge in [0.1, 0.15) is 18.0 Å². The van der Waals surface area contributed by atoms with Gasteiger partial charge in [-0.2, -0.15) is 0 Å². The van der Waals surface area contributed by atoms with Crippen LogP contribution in [-0.4, -0.2) is 17.0 Å². The number of nitrogens with zero attached hydrogens (tertiary/aromatic N) is 2.